The third kappa shape index (κ3) is 3.22. The Labute approximate surface area is 151 Å². The Morgan fingerprint density at radius 3 is 2.60 bits per heavy atom. The fourth-order valence-electron chi connectivity index (χ4n) is 2.84. The number of amides is 2. The Kier molecular flexibility index (Phi) is 4.72. The highest BCUT2D eigenvalue weighted by molar-refractivity contribution is 8.00. The molecule has 0 unspecified atom stereocenters. The van der Waals surface area contributed by atoms with Gasteiger partial charge in [-0.25, -0.2) is 0 Å². The van der Waals surface area contributed by atoms with E-state index in [-0.39, 0.29) is 17.6 Å². The number of hydrogen-bond donors (Lipinski definition) is 1. The van der Waals surface area contributed by atoms with Gasteiger partial charge >= 0.3 is 0 Å². The van der Waals surface area contributed by atoms with Gasteiger partial charge in [-0.3, -0.25) is 14.5 Å². The van der Waals surface area contributed by atoms with E-state index >= 15 is 0 Å². The molecule has 5 nitrogen and oxygen atoms in total. The smallest absolute Gasteiger partial charge is 0.250 e. The minimum absolute atomic E-state index is 0.122. The van der Waals surface area contributed by atoms with Crippen molar-refractivity contribution in [3.05, 3.63) is 48.5 Å². The van der Waals surface area contributed by atoms with Gasteiger partial charge in [0.15, 0.2) is 0 Å². The molecule has 0 saturated carbocycles. The summed E-state index contributed by atoms with van der Waals surface area (Å²) in [4.78, 5) is 27.9. The zero-order valence-corrected chi connectivity index (χ0v) is 15.2. The van der Waals surface area contributed by atoms with Crippen molar-refractivity contribution in [1.82, 2.24) is 0 Å². The van der Waals surface area contributed by atoms with Gasteiger partial charge in [-0.1, -0.05) is 24.3 Å². The lowest BCUT2D eigenvalue weighted by molar-refractivity contribution is -0.125. The van der Waals surface area contributed by atoms with Gasteiger partial charge in [0.05, 0.1) is 24.2 Å². The van der Waals surface area contributed by atoms with E-state index in [2.05, 4.69) is 5.32 Å². The largest absolute Gasteiger partial charge is 0.496 e. The van der Waals surface area contributed by atoms with Crippen molar-refractivity contribution in [3.63, 3.8) is 0 Å². The fraction of sp³-hybridized carbons (Fsp3) is 0.263. The number of methoxy groups -OCH3 is 1. The van der Waals surface area contributed by atoms with E-state index in [0.717, 1.165) is 16.3 Å². The van der Waals surface area contributed by atoms with Crippen LogP contribution in [0.1, 0.15) is 13.8 Å². The van der Waals surface area contributed by atoms with Crippen molar-refractivity contribution in [2.24, 2.45) is 0 Å². The second-order valence-corrected chi connectivity index (χ2v) is 7.22. The van der Waals surface area contributed by atoms with Crippen LogP contribution in [0.2, 0.25) is 0 Å². The van der Waals surface area contributed by atoms with E-state index in [9.17, 15) is 9.59 Å². The lowest BCUT2D eigenvalue weighted by Crippen LogP contribution is -2.58. The summed E-state index contributed by atoms with van der Waals surface area (Å²) in [6.07, 6.45) is 0. The molecule has 0 fully saturated rings. The summed E-state index contributed by atoms with van der Waals surface area (Å²) >= 11 is 1.40. The summed E-state index contributed by atoms with van der Waals surface area (Å²) in [6, 6.07) is 14.9. The topological polar surface area (TPSA) is 58.6 Å². The molecule has 1 N–H and O–H groups in total. The van der Waals surface area contributed by atoms with E-state index in [0.29, 0.717) is 5.69 Å². The van der Waals surface area contributed by atoms with Gasteiger partial charge in [0.25, 0.3) is 0 Å². The minimum atomic E-state index is -0.952. The molecule has 0 radical (unpaired) electrons. The maximum Gasteiger partial charge on any atom is 0.250 e. The number of nitrogens with zero attached hydrogens (tertiary/aromatic N) is 1. The predicted molar refractivity (Wildman–Crippen MR) is 100 cm³/mol. The zero-order chi connectivity index (χ0) is 18.0. The average Bonchev–Trinajstić information content (AvgIpc) is 2.60. The van der Waals surface area contributed by atoms with Crippen LogP contribution in [-0.2, 0) is 9.59 Å². The number of fused-ring (bicyclic) bond motifs is 1. The van der Waals surface area contributed by atoms with Gasteiger partial charge in [-0.2, -0.15) is 0 Å². The standard InChI is InChI=1S/C19H20N2O3S/c1-19(2)18(23)20-13-8-4-5-9-14(13)21(19)17(22)12-25-16-11-7-6-10-15(16)24-3/h4-11H,12H2,1-3H3,(H,20,23). The molecule has 25 heavy (non-hydrogen) atoms. The highest BCUT2D eigenvalue weighted by atomic mass is 32.2. The van der Waals surface area contributed by atoms with E-state index in [1.54, 1.807) is 31.9 Å². The number of carbonyl (C=O) groups is 2. The molecule has 0 bridgehead atoms. The number of benzene rings is 2. The van der Waals surface area contributed by atoms with Crippen molar-refractivity contribution < 1.29 is 14.3 Å². The molecule has 0 spiro atoms. The van der Waals surface area contributed by atoms with E-state index in [4.69, 9.17) is 4.74 Å². The van der Waals surface area contributed by atoms with Crippen LogP contribution in [0.4, 0.5) is 11.4 Å². The number of ether oxygens (including phenoxy) is 1. The SMILES string of the molecule is COc1ccccc1SCC(=O)N1c2ccccc2NC(=O)C1(C)C. The van der Waals surface area contributed by atoms with Crippen molar-refractivity contribution in [1.29, 1.82) is 0 Å². The molecule has 1 heterocycles. The van der Waals surface area contributed by atoms with E-state index < -0.39 is 5.54 Å². The number of hydrogen-bond acceptors (Lipinski definition) is 4. The molecule has 2 aromatic rings. The summed E-state index contributed by atoms with van der Waals surface area (Å²) in [5.41, 5.74) is 0.424. The first kappa shape index (κ1) is 17.4. The van der Waals surface area contributed by atoms with Crippen molar-refractivity contribution in [2.45, 2.75) is 24.3 Å². The van der Waals surface area contributed by atoms with E-state index in [1.165, 1.54) is 11.8 Å². The fourth-order valence-corrected chi connectivity index (χ4v) is 3.72. The van der Waals surface area contributed by atoms with Crippen LogP contribution in [0.25, 0.3) is 0 Å². The number of rotatable bonds is 4. The Balaban J connectivity index is 1.86. The van der Waals surface area contributed by atoms with Crippen LogP contribution >= 0.6 is 11.8 Å². The monoisotopic (exact) mass is 356 g/mol. The highest BCUT2D eigenvalue weighted by Crippen LogP contribution is 2.38. The van der Waals surface area contributed by atoms with Gasteiger partial charge < -0.3 is 10.1 Å². The number of carbonyl (C=O) groups excluding carboxylic acids is 2. The first-order valence-corrected chi connectivity index (χ1v) is 8.93. The third-order valence-electron chi connectivity index (χ3n) is 4.18. The average molecular weight is 356 g/mol. The number of para-hydroxylation sites is 3. The van der Waals surface area contributed by atoms with Crippen LogP contribution < -0.4 is 15.0 Å². The Morgan fingerprint density at radius 2 is 1.84 bits per heavy atom. The van der Waals surface area contributed by atoms with Gasteiger partial charge in [-0.15, -0.1) is 11.8 Å². The summed E-state index contributed by atoms with van der Waals surface area (Å²) < 4.78 is 5.33. The molecule has 0 aliphatic carbocycles. The molecular formula is C19H20N2O3S. The quantitative estimate of drug-likeness (QED) is 0.851. The molecule has 2 aromatic carbocycles. The molecule has 6 heteroatoms. The van der Waals surface area contributed by atoms with Crippen molar-refractivity contribution in [2.75, 3.05) is 23.1 Å². The van der Waals surface area contributed by atoms with Gasteiger partial charge in [0, 0.05) is 4.90 Å². The maximum atomic E-state index is 13.0. The first-order valence-electron chi connectivity index (χ1n) is 7.94. The Bertz CT molecular complexity index is 820. The summed E-state index contributed by atoms with van der Waals surface area (Å²) in [6.45, 7) is 3.51. The van der Waals surface area contributed by atoms with Crippen LogP contribution in [0.15, 0.2) is 53.4 Å². The summed E-state index contributed by atoms with van der Waals surface area (Å²) in [7, 11) is 1.61. The summed E-state index contributed by atoms with van der Waals surface area (Å²) in [5, 5.41) is 2.87. The van der Waals surface area contributed by atoms with Crippen molar-refractivity contribution in [3.8, 4) is 5.75 Å². The molecule has 1 aliphatic heterocycles. The number of thioether (sulfide) groups is 1. The molecular weight excluding hydrogens is 336 g/mol. The Morgan fingerprint density at radius 1 is 1.16 bits per heavy atom. The molecule has 0 saturated heterocycles. The summed E-state index contributed by atoms with van der Waals surface area (Å²) in [5.74, 6) is 0.632. The second-order valence-electron chi connectivity index (χ2n) is 6.20. The zero-order valence-electron chi connectivity index (χ0n) is 14.4. The lowest BCUT2D eigenvalue weighted by atomic mass is 9.96. The highest BCUT2D eigenvalue weighted by Gasteiger charge is 2.43. The lowest BCUT2D eigenvalue weighted by Gasteiger charge is -2.42. The van der Waals surface area contributed by atoms with Gasteiger partial charge in [0.2, 0.25) is 11.8 Å². The molecule has 0 atom stereocenters. The predicted octanol–water partition coefficient (Wildman–Crippen LogP) is 3.55. The van der Waals surface area contributed by atoms with Crippen LogP contribution in [-0.4, -0.2) is 30.2 Å². The number of anilines is 2. The molecule has 2 amide bonds. The maximum absolute atomic E-state index is 13.0. The van der Waals surface area contributed by atoms with Crippen LogP contribution in [0.5, 0.6) is 5.75 Å². The first-order chi connectivity index (χ1) is 11.9. The number of nitrogens with one attached hydrogen (secondary N) is 1. The van der Waals surface area contributed by atoms with Crippen LogP contribution in [0.3, 0.4) is 0 Å². The van der Waals surface area contributed by atoms with Crippen molar-refractivity contribution >= 4 is 35.0 Å². The van der Waals surface area contributed by atoms with E-state index in [1.807, 2.05) is 42.5 Å². The molecule has 0 aromatic heterocycles. The third-order valence-corrected chi connectivity index (χ3v) is 5.22. The normalized spacial score (nSPS) is 15.3. The Hall–Kier alpha value is -2.47. The second kappa shape index (κ2) is 6.80. The minimum Gasteiger partial charge on any atom is -0.496 e. The van der Waals surface area contributed by atoms with Gasteiger partial charge in [0.1, 0.15) is 11.3 Å². The molecule has 130 valence electrons. The van der Waals surface area contributed by atoms with Gasteiger partial charge in [-0.05, 0) is 38.1 Å². The molecule has 1 aliphatic rings. The van der Waals surface area contributed by atoms with Crippen LogP contribution in [0, 0.1) is 0 Å². The molecule has 3 rings (SSSR count).